The van der Waals surface area contributed by atoms with Gasteiger partial charge in [-0.2, -0.15) is 0 Å². The topological polar surface area (TPSA) is 20.3 Å². The molecule has 0 saturated heterocycles. The Morgan fingerprint density at radius 2 is 1.67 bits per heavy atom. The standard InChI is InChI=1S/C20H21ClFNO/c1-23(14-15-4-8-17(21)9-5-15)19(24)20(12-2-3-13-20)16-6-10-18(22)11-7-16/h4-11H,2-3,12-14H2,1H3. The molecule has 0 radical (unpaired) electrons. The summed E-state index contributed by atoms with van der Waals surface area (Å²) < 4.78 is 13.3. The lowest BCUT2D eigenvalue weighted by atomic mass is 9.77. The SMILES string of the molecule is CN(Cc1ccc(Cl)cc1)C(=O)C1(c2ccc(F)cc2)CCCC1. The maximum atomic E-state index is 13.3. The monoisotopic (exact) mass is 345 g/mol. The maximum absolute atomic E-state index is 13.3. The van der Waals surface area contributed by atoms with Crippen molar-refractivity contribution in [1.82, 2.24) is 4.90 Å². The number of nitrogens with zero attached hydrogens (tertiary/aromatic N) is 1. The summed E-state index contributed by atoms with van der Waals surface area (Å²) in [4.78, 5) is 15.0. The molecule has 2 nitrogen and oxygen atoms in total. The van der Waals surface area contributed by atoms with E-state index in [-0.39, 0.29) is 11.7 Å². The predicted octanol–water partition coefficient (Wildman–Crippen LogP) is 4.95. The second kappa shape index (κ2) is 6.94. The van der Waals surface area contributed by atoms with Crippen LogP contribution in [0.5, 0.6) is 0 Å². The van der Waals surface area contributed by atoms with Gasteiger partial charge in [-0.05, 0) is 48.2 Å². The Morgan fingerprint density at radius 3 is 2.25 bits per heavy atom. The van der Waals surface area contributed by atoms with Gasteiger partial charge in [-0.25, -0.2) is 4.39 Å². The highest BCUT2D eigenvalue weighted by Gasteiger charge is 2.44. The van der Waals surface area contributed by atoms with E-state index in [4.69, 9.17) is 11.6 Å². The van der Waals surface area contributed by atoms with E-state index in [1.165, 1.54) is 12.1 Å². The van der Waals surface area contributed by atoms with Crippen LogP contribution < -0.4 is 0 Å². The summed E-state index contributed by atoms with van der Waals surface area (Å²) in [6.45, 7) is 0.541. The summed E-state index contributed by atoms with van der Waals surface area (Å²) >= 11 is 5.92. The van der Waals surface area contributed by atoms with Crippen molar-refractivity contribution in [3.8, 4) is 0 Å². The van der Waals surface area contributed by atoms with E-state index >= 15 is 0 Å². The molecule has 0 spiro atoms. The van der Waals surface area contributed by atoms with Crippen LogP contribution in [0.15, 0.2) is 48.5 Å². The largest absolute Gasteiger partial charge is 0.341 e. The molecule has 0 aliphatic heterocycles. The molecule has 2 aromatic carbocycles. The lowest BCUT2D eigenvalue weighted by Gasteiger charge is -2.33. The number of rotatable bonds is 4. The molecule has 0 N–H and O–H groups in total. The van der Waals surface area contributed by atoms with Crippen molar-refractivity contribution in [3.05, 3.63) is 70.5 Å². The zero-order chi connectivity index (χ0) is 17.2. The van der Waals surface area contributed by atoms with Crippen molar-refractivity contribution < 1.29 is 9.18 Å². The Hall–Kier alpha value is -1.87. The molecule has 1 fully saturated rings. The van der Waals surface area contributed by atoms with Gasteiger partial charge in [0.05, 0.1) is 5.41 Å². The van der Waals surface area contributed by atoms with E-state index in [1.807, 2.05) is 31.3 Å². The van der Waals surface area contributed by atoms with Gasteiger partial charge < -0.3 is 4.90 Å². The first-order valence-corrected chi connectivity index (χ1v) is 8.65. The number of hydrogen-bond acceptors (Lipinski definition) is 1. The molecule has 24 heavy (non-hydrogen) atoms. The van der Waals surface area contributed by atoms with Gasteiger partial charge in [-0.15, -0.1) is 0 Å². The van der Waals surface area contributed by atoms with Gasteiger partial charge in [0.2, 0.25) is 5.91 Å². The fraction of sp³-hybridized carbons (Fsp3) is 0.350. The van der Waals surface area contributed by atoms with Crippen LogP contribution in [0.2, 0.25) is 5.02 Å². The van der Waals surface area contributed by atoms with E-state index in [0.717, 1.165) is 36.8 Å². The number of carbonyl (C=O) groups is 1. The van der Waals surface area contributed by atoms with Crippen LogP contribution in [0.3, 0.4) is 0 Å². The Morgan fingerprint density at radius 1 is 1.08 bits per heavy atom. The van der Waals surface area contributed by atoms with E-state index in [2.05, 4.69) is 0 Å². The van der Waals surface area contributed by atoms with Crippen molar-refractivity contribution in [2.45, 2.75) is 37.6 Å². The molecule has 1 saturated carbocycles. The third kappa shape index (κ3) is 3.32. The highest BCUT2D eigenvalue weighted by Crippen LogP contribution is 2.42. The number of carbonyl (C=O) groups excluding carboxylic acids is 1. The van der Waals surface area contributed by atoms with Gasteiger partial charge in [0.1, 0.15) is 5.82 Å². The lowest BCUT2D eigenvalue weighted by Crippen LogP contribution is -2.43. The molecule has 1 aliphatic carbocycles. The zero-order valence-corrected chi connectivity index (χ0v) is 14.5. The van der Waals surface area contributed by atoms with Crippen molar-refractivity contribution in [3.63, 3.8) is 0 Å². The lowest BCUT2D eigenvalue weighted by molar-refractivity contribution is -0.136. The minimum Gasteiger partial charge on any atom is -0.341 e. The summed E-state index contributed by atoms with van der Waals surface area (Å²) in [5.41, 5.74) is 1.45. The summed E-state index contributed by atoms with van der Waals surface area (Å²) in [6, 6.07) is 13.9. The van der Waals surface area contributed by atoms with Gasteiger partial charge in [-0.1, -0.05) is 48.7 Å². The van der Waals surface area contributed by atoms with Gasteiger partial charge in [0.15, 0.2) is 0 Å². The van der Waals surface area contributed by atoms with Crippen LogP contribution in [-0.2, 0) is 16.8 Å². The molecule has 0 atom stereocenters. The quantitative estimate of drug-likeness (QED) is 0.767. The molecule has 1 aliphatic rings. The molecular weight excluding hydrogens is 325 g/mol. The second-order valence-corrected chi connectivity index (χ2v) is 7.02. The van der Waals surface area contributed by atoms with Crippen molar-refractivity contribution in [2.75, 3.05) is 7.05 Å². The van der Waals surface area contributed by atoms with Crippen LogP contribution in [0.25, 0.3) is 0 Å². The molecule has 126 valence electrons. The average molecular weight is 346 g/mol. The van der Waals surface area contributed by atoms with Gasteiger partial charge in [0.25, 0.3) is 0 Å². The molecule has 1 amide bonds. The van der Waals surface area contributed by atoms with E-state index in [9.17, 15) is 9.18 Å². The average Bonchev–Trinajstić information content (AvgIpc) is 3.07. The first-order chi connectivity index (χ1) is 11.5. The highest BCUT2D eigenvalue weighted by atomic mass is 35.5. The summed E-state index contributed by atoms with van der Waals surface area (Å²) in [7, 11) is 1.83. The number of halogens is 2. The van der Waals surface area contributed by atoms with Crippen LogP contribution in [0.1, 0.15) is 36.8 Å². The van der Waals surface area contributed by atoms with Crippen LogP contribution >= 0.6 is 11.6 Å². The highest BCUT2D eigenvalue weighted by molar-refractivity contribution is 6.30. The molecule has 0 unspecified atom stereocenters. The summed E-state index contributed by atoms with van der Waals surface area (Å²) in [5, 5.41) is 0.686. The molecule has 3 rings (SSSR count). The number of hydrogen-bond donors (Lipinski definition) is 0. The van der Waals surface area contributed by atoms with E-state index in [0.29, 0.717) is 11.6 Å². The first kappa shape index (κ1) is 17.0. The fourth-order valence-electron chi connectivity index (χ4n) is 3.67. The molecule has 2 aromatic rings. The van der Waals surface area contributed by atoms with Crippen LogP contribution in [0, 0.1) is 5.82 Å². The Balaban J connectivity index is 1.84. The van der Waals surface area contributed by atoms with Gasteiger partial charge >= 0.3 is 0 Å². The molecular formula is C20H21ClFNO. The number of likely N-dealkylation sites (N-methyl/N-ethyl adjacent to an activating group) is 1. The molecule has 0 bridgehead atoms. The Kier molecular flexibility index (Phi) is 4.91. The molecule has 0 heterocycles. The van der Waals surface area contributed by atoms with Crippen LogP contribution in [0.4, 0.5) is 4.39 Å². The number of amides is 1. The first-order valence-electron chi connectivity index (χ1n) is 8.27. The van der Waals surface area contributed by atoms with Gasteiger partial charge in [-0.3, -0.25) is 4.79 Å². The molecule has 0 aromatic heterocycles. The third-order valence-corrected chi connectivity index (χ3v) is 5.19. The van der Waals surface area contributed by atoms with Crippen molar-refractivity contribution in [2.24, 2.45) is 0 Å². The summed E-state index contributed by atoms with van der Waals surface area (Å²) in [5.74, 6) is -0.157. The van der Waals surface area contributed by atoms with Crippen molar-refractivity contribution >= 4 is 17.5 Å². The maximum Gasteiger partial charge on any atom is 0.233 e. The van der Waals surface area contributed by atoms with E-state index < -0.39 is 5.41 Å². The summed E-state index contributed by atoms with van der Waals surface area (Å²) in [6.07, 6.45) is 3.70. The second-order valence-electron chi connectivity index (χ2n) is 6.58. The fourth-order valence-corrected chi connectivity index (χ4v) is 3.80. The Labute approximate surface area is 147 Å². The third-order valence-electron chi connectivity index (χ3n) is 4.94. The van der Waals surface area contributed by atoms with Crippen molar-refractivity contribution in [1.29, 1.82) is 0 Å². The Bertz CT molecular complexity index is 705. The van der Waals surface area contributed by atoms with Gasteiger partial charge in [0, 0.05) is 18.6 Å². The normalized spacial score (nSPS) is 16.1. The van der Waals surface area contributed by atoms with Crippen LogP contribution in [-0.4, -0.2) is 17.9 Å². The zero-order valence-electron chi connectivity index (χ0n) is 13.8. The predicted molar refractivity (Wildman–Crippen MR) is 94.5 cm³/mol. The smallest absolute Gasteiger partial charge is 0.233 e. The molecule has 4 heteroatoms. The minimum atomic E-state index is -0.519. The van der Waals surface area contributed by atoms with E-state index in [1.54, 1.807) is 17.0 Å². The number of benzene rings is 2. The minimum absolute atomic E-state index is 0.113.